The third-order valence-corrected chi connectivity index (χ3v) is 2.72. The summed E-state index contributed by atoms with van der Waals surface area (Å²) in [5, 5.41) is 2.90. The van der Waals surface area contributed by atoms with E-state index in [2.05, 4.69) is 10.1 Å². The van der Waals surface area contributed by atoms with Crippen LogP contribution in [0.3, 0.4) is 0 Å². The van der Waals surface area contributed by atoms with Crippen LogP contribution in [0.25, 0.3) is 0 Å². The van der Waals surface area contributed by atoms with E-state index in [4.69, 9.17) is 23.2 Å². The molecule has 1 rings (SSSR count). The number of amides is 1. The minimum atomic E-state index is -0.764. The number of carbonyl (C=O) groups excluding carboxylic acids is 2. The predicted molar refractivity (Wildman–Crippen MR) is 65.4 cm³/mol. The van der Waals surface area contributed by atoms with Crippen molar-refractivity contribution in [3.05, 3.63) is 33.8 Å². The van der Waals surface area contributed by atoms with Gasteiger partial charge >= 0.3 is 5.97 Å². The lowest BCUT2D eigenvalue weighted by Gasteiger charge is -2.12. The summed E-state index contributed by atoms with van der Waals surface area (Å²) in [7, 11) is 1.24. The maximum absolute atomic E-state index is 11.8. The van der Waals surface area contributed by atoms with Crippen LogP contribution in [-0.2, 0) is 9.53 Å². The highest BCUT2D eigenvalue weighted by molar-refractivity contribution is 6.39. The average Bonchev–Trinajstić information content (AvgIpc) is 2.27. The van der Waals surface area contributed by atoms with Crippen LogP contribution in [0.15, 0.2) is 18.2 Å². The fourth-order valence-corrected chi connectivity index (χ4v) is 1.79. The zero-order valence-electron chi connectivity index (χ0n) is 9.29. The average molecular weight is 276 g/mol. The topological polar surface area (TPSA) is 55.4 Å². The van der Waals surface area contributed by atoms with E-state index < -0.39 is 17.9 Å². The van der Waals surface area contributed by atoms with Crippen LogP contribution >= 0.6 is 23.2 Å². The van der Waals surface area contributed by atoms with Crippen molar-refractivity contribution in [2.45, 2.75) is 13.0 Å². The third kappa shape index (κ3) is 3.35. The molecular weight excluding hydrogens is 265 g/mol. The van der Waals surface area contributed by atoms with Gasteiger partial charge in [-0.05, 0) is 19.1 Å². The zero-order chi connectivity index (χ0) is 13.0. The summed E-state index contributed by atoms with van der Waals surface area (Å²) in [5.41, 5.74) is 0.145. The number of methoxy groups -OCH3 is 1. The van der Waals surface area contributed by atoms with Crippen molar-refractivity contribution in [2.24, 2.45) is 0 Å². The summed E-state index contributed by atoms with van der Waals surface area (Å²) >= 11 is 11.7. The summed E-state index contributed by atoms with van der Waals surface area (Å²) in [6.07, 6.45) is 0. The van der Waals surface area contributed by atoms with Crippen molar-refractivity contribution in [3.63, 3.8) is 0 Å². The SMILES string of the molecule is COC(=O)C(C)NC(=O)c1c(Cl)cccc1Cl. The first-order valence-corrected chi connectivity index (χ1v) is 5.55. The number of nitrogens with one attached hydrogen (secondary N) is 1. The zero-order valence-corrected chi connectivity index (χ0v) is 10.8. The largest absolute Gasteiger partial charge is 0.467 e. The fourth-order valence-electron chi connectivity index (χ4n) is 1.22. The minimum Gasteiger partial charge on any atom is -0.467 e. The van der Waals surface area contributed by atoms with Crippen LogP contribution in [0.4, 0.5) is 0 Å². The van der Waals surface area contributed by atoms with Crippen LogP contribution in [0, 0.1) is 0 Å². The molecule has 6 heteroatoms. The van der Waals surface area contributed by atoms with Crippen LogP contribution < -0.4 is 5.32 Å². The van der Waals surface area contributed by atoms with E-state index in [1.807, 2.05) is 0 Å². The summed E-state index contributed by atoms with van der Waals surface area (Å²) in [6, 6.07) is 3.96. The number of esters is 1. The van der Waals surface area contributed by atoms with Crippen molar-refractivity contribution >= 4 is 35.1 Å². The Labute approximate surface area is 109 Å². The molecule has 0 bridgehead atoms. The Morgan fingerprint density at radius 1 is 1.29 bits per heavy atom. The molecule has 1 aromatic rings. The number of benzene rings is 1. The molecule has 0 saturated carbocycles. The molecule has 1 atom stereocenters. The molecule has 0 spiro atoms. The standard InChI is InChI=1S/C11H11Cl2NO3/c1-6(11(16)17-2)14-10(15)9-7(12)4-3-5-8(9)13/h3-6H,1-2H3,(H,14,15). The second kappa shape index (κ2) is 5.89. The second-order valence-corrected chi connectivity index (χ2v) is 4.13. The monoisotopic (exact) mass is 275 g/mol. The highest BCUT2D eigenvalue weighted by Crippen LogP contribution is 2.24. The Morgan fingerprint density at radius 3 is 2.29 bits per heavy atom. The van der Waals surface area contributed by atoms with Gasteiger partial charge in [0.25, 0.3) is 5.91 Å². The van der Waals surface area contributed by atoms with Crippen molar-refractivity contribution in [3.8, 4) is 0 Å². The molecule has 1 amide bonds. The first-order valence-electron chi connectivity index (χ1n) is 4.80. The molecule has 92 valence electrons. The van der Waals surface area contributed by atoms with Gasteiger partial charge in [0.05, 0.1) is 22.7 Å². The lowest BCUT2D eigenvalue weighted by Crippen LogP contribution is -2.39. The lowest BCUT2D eigenvalue weighted by molar-refractivity contribution is -0.142. The van der Waals surface area contributed by atoms with Crippen LogP contribution in [0.1, 0.15) is 17.3 Å². The number of hydrogen-bond donors (Lipinski definition) is 1. The van der Waals surface area contributed by atoms with Gasteiger partial charge in [-0.25, -0.2) is 4.79 Å². The predicted octanol–water partition coefficient (Wildman–Crippen LogP) is 2.28. The Bertz CT molecular complexity index is 428. The summed E-state index contributed by atoms with van der Waals surface area (Å²) < 4.78 is 4.49. The van der Waals surface area contributed by atoms with Crippen molar-refractivity contribution in [1.82, 2.24) is 5.32 Å². The molecule has 1 aromatic carbocycles. The van der Waals surface area contributed by atoms with Crippen LogP contribution in [0.2, 0.25) is 10.0 Å². The molecule has 17 heavy (non-hydrogen) atoms. The molecule has 1 N–H and O–H groups in total. The van der Waals surface area contributed by atoms with Gasteiger partial charge in [-0.3, -0.25) is 4.79 Å². The Kier molecular flexibility index (Phi) is 4.78. The number of halogens is 2. The number of carbonyl (C=O) groups is 2. The van der Waals surface area contributed by atoms with Gasteiger partial charge in [0.15, 0.2) is 0 Å². The van der Waals surface area contributed by atoms with Crippen LogP contribution in [0.5, 0.6) is 0 Å². The normalized spacial score (nSPS) is 11.8. The van der Waals surface area contributed by atoms with E-state index in [0.29, 0.717) is 0 Å². The van der Waals surface area contributed by atoms with Gasteiger partial charge < -0.3 is 10.1 Å². The Morgan fingerprint density at radius 2 is 1.82 bits per heavy atom. The van der Waals surface area contributed by atoms with E-state index >= 15 is 0 Å². The maximum Gasteiger partial charge on any atom is 0.328 e. The van der Waals surface area contributed by atoms with Crippen LogP contribution in [-0.4, -0.2) is 25.0 Å². The van der Waals surface area contributed by atoms with Gasteiger partial charge in [-0.2, -0.15) is 0 Å². The Hall–Kier alpha value is -1.26. The highest BCUT2D eigenvalue weighted by Gasteiger charge is 2.20. The number of ether oxygens (including phenoxy) is 1. The maximum atomic E-state index is 11.8. The van der Waals surface area contributed by atoms with Gasteiger partial charge in [-0.15, -0.1) is 0 Å². The first-order chi connectivity index (χ1) is 7.97. The highest BCUT2D eigenvalue weighted by atomic mass is 35.5. The summed E-state index contributed by atoms with van der Waals surface area (Å²) in [5.74, 6) is -1.06. The van der Waals surface area contributed by atoms with E-state index in [1.165, 1.54) is 14.0 Å². The van der Waals surface area contributed by atoms with Crippen molar-refractivity contribution < 1.29 is 14.3 Å². The molecule has 0 aliphatic rings. The van der Waals surface area contributed by atoms with Crippen molar-refractivity contribution in [2.75, 3.05) is 7.11 Å². The molecular formula is C11H11Cl2NO3. The van der Waals surface area contributed by atoms with E-state index in [0.717, 1.165) is 0 Å². The third-order valence-electron chi connectivity index (χ3n) is 2.09. The van der Waals surface area contributed by atoms with E-state index in [1.54, 1.807) is 18.2 Å². The molecule has 0 saturated heterocycles. The van der Waals surface area contributed by atoms with Gasteiger partial charge in [-0.1, -0.05) is 29.3 Å². The van der Waals surface area contributed by atoms with E-state index in [9.17, 15) is 9.59 Å². The minimum absolute atomic E-state index is 0.145. The molecule has 0 radical (unpaired) electrons. The van der Waals surface area contributed by atoms with Gasteiger partial charge in [0, 0.05) is 0 Å². The fraction of sp³-hybridized carbons (Fsp3) is 0.273. The van der Waals surface area contributed by atoms with Gasteiger partial charge in [0.1, 0.15) is 6.04 Å². The molecule has 0 aliphatic carbocycles. The van der Waals surface area contributed by atoms with Gasteiger partial charge in [0.2, 0.25) is 0 Å². The molecule has 4 nitrogen and oxygen atoms in total. The smallest absolute Gasteiger partial charge is 0.328 e. The summed E-state index contributed by atoms with van der Waals surface area (Å²) in [6.45, 7) is 1.51. The number of hydrogen-bond acceptors (Lipinski definition) is 3. The lowest BCUT2D eigenvalue weighted by atomic mass is 10.2. The molecule has 0 aliphatic heterocycles. The molecule has 0 aromatic heterocycles. The van der Waals surface area contributed by atoms with Crippen molar-refractivity contribution in [1.29, 1.82) is 0 Å². The van der Waals surface area contributed by atoms with E-state index in [-0.39, 0.29) is 15.6 Å². The Balaban J connectivity index is 2.87. The second-order valence-electron chi connectivity index (χ2n) is 3.31. The molecule has 1 unspecified atom stereocenters. The molecule has 0 heterocycles. The quantitative estimate of drug-likeness (QED) is 0.862. The number of rotatable bonds is 3. The molecule has 0 fully saturated rings. The summed E-state index contributed by atoms with van der Waals surface area (Å²) in [4.78, 5) is 23.0. The first kappa shape index (κ1) is 13.8.